The molecule has 0 unspecified atom stereocenters. The van der Waals surface area contributed by atoms with Crippen LogP contribution < -0.4 is 5.73 Å². The second kappa shape index (κ2) is 4.19. The number of benzene rings is 1. The van der Waals surface area contributed by atoms with Gasteiger partial charge in [0.1, 0.15) is 5.82 Å². The Kier molecular flexibility index (Phi) is 2.88. The van der Waals surface area contributed by atoms with Crippen molar-refractivity contribution in [3.63, 3.8) is 0 Å². The Labute approximate surface area is 111 Å². The van der Waals surface area contributed by atoms with E-state index < -0.39 is 0 Å². The summed E-state index contributed by atoms with van der Waals surface area (Å²) >= 11 is 6.02. The average Bonchev–Trinajstić information content (AvgIpc) is 2.25. The number of hydrogen-bond acceptors (Lipinski definition) is 2. The highest BCUT2D eigenvalue weighted by atomic mass is 35.5. The zero-order valence-corrected chi connectivity index (χ0v) is 11.0. The van der Waals surface area contributed by atoms with E-state index >= 15 is 0 Å². The minimum atomic E-state index is -0.269. The Balaban J connectivity index is 2.08. The van der Waals surface area contributed by atoms with E-state index in [1.165, 1.54) is 12.5 Å². The summed E-state index contributed by atoms with van der Waals surface area (Å²) in [6.45, 7) is 1.70. The molecule has 98 valence electrons. The van der Waals surface area contributed by atoms with Crippen molar-refractivity contribution < 1.29 is 9.13 Å². The molecule has 0 atom stereocenters. The molecule has 0 amide bonds. The van der Waals surface area contributed by atoms with Crippen LogP contribution in [-0.4, -0.2) is 19.8 Å². The van der Waals surface area contributed by atoms with Gasteiger partial charge in [-0.25, -0.2) is 4.39 Å². The van der Waals surface area contributed by atoms with E-state index in [-0.39, 0.29) is 16.6 Å². The summed E-state index contributed by atoms with van der Waals surface area (Å²) in [7, 11) is 0. The maximum absolute atomic E-state index is 14.2. The van der Waals surface area contributed by atoms with Crippen molar-refractivity contribution in [2.45, 2.75) is 24.7 Å². The van der Waals surface area contributed by atoms with Crippen molar-refractivity contribution in [2.75, 3.05) is 19.8 Å². The lowest BCUT2D eigenvalue weighted by Crippen LogP contribution is -2.64. The molecule has 1 saturated heterocycles. The highest BCUT2D eigenvalue weighted by Crippen LogP contribution is 2.58. The Morgan fingerprint density at radius 1 is 1.33 bits per heavy atom. The van der Waals surface area contributed by atoms with Gasteiger partial charge in [0.05, 0.1) is 18.6 Å². The van der Waals surface area contributed by atoms with Crippen LogP contribution >= 0.6 is 11.6 Å². The molecule has 4 heteroatoms. The van der Waals surface area contributed by atoms with Gasteiger partial charge >= 0.3 is 0 Å². The van der Waals surface area contributed by atoms with E-state index in [2.05, 4.69) is 0 Å². The summed E-state index contributed by atoms with van der Waals surface area (Å²) in [5.74, 6) is -0.192. The van der Waals surface area contributed by atoms with E-state index in [1.807, 2.05) is 0 Å². The molecule has 0 aromatic heterocycles. The summed E-state index contributed by atoms with van der Waals surface area (Å²) in [6, 6.07) is 4.78. The predicted octanol–water partition coefficient (Wildman–Crippen LogP) is 2.88. The second-order valence-corrected chi connectivity index (χ2v) is 5.97. The molecule has 0 bridgehead atoms. The van der Waals surface area contributed by atoms with E-state index in [0.717, 1.165) is 12.8 Å². The van der Waals surface area contributed by atoms with Crippen LogP contribution in [0, 0.1) is 11.2 Å². The minimum Gasteiger partial charge on any atom is -0.379 e. The Hall–Kier alpha value is -0.640. The first kappa shape index (κ1) is 12.4. The largest absolute Gasteiger partial charge is 0.379 e. The highest BCUT2D eigenvalue weighted by Gasteiger charge is 2.59. The molecular weight excluding hydrogens is 253 g/mol. The van der Waals surface area contributed by atoms with Crippen molar-refractivity contribution in [2.24, 2.45) is 11.1 Å². The van der Waals surface area contributed by atoms with Crippen LogP contribution in [-0.2, 0) is 10.2 Å². The van der Waals surface area contributed by atoms with Gasteiger partial charge in [-0.05, 0) is 43.0 Å². The molecule has 0 spiro atoms. The van der Waals surface area contributed by atoms with E-state index in [1.54, 1.807) is 12.1 Å². The molecule has 1 saturated carbocycles. The molecule has 18 heavy (non-hydrogen) atoms. The molecule has 1 aliphatic heterocycles. The first-order valence-electron chi connectivity index (χ1n) is 6.37. The van der Waals surface area contributed by atoms with Gasteiger partial charge in [-0.2, -0.15) is 0 Å². The number of ether oxygens (including phenoxy) is 1. The Bertz CT molecular complexity index is 463. The van der Waals surface area contributed by atoms with Crippen LogP contribution in [0.15, 0.2) is 18.2 Å². The molecule has 2 N–H and O–H groups in total. The third-order valence-electron chi connectivity index (χ3n) is 4.86. The lowest BCUT2D eigenvalue weighted by molar-refractivity contribution is -0.155. The maximum atomic E-state index is 14.2. The summed E-state index contributed by atoms with van der Waals surface area (Å²) in [6.07, 6.45) is 3.28. The lowest BCUT2D eigenvalue weighted by atomic mass is 9.49. The molecule has 2 aliphatic rings. The topological polar surface area (TPSA) is 35.2 Å². The minimum absolute atomic E-state index is 0.00320. The second-order valence-electron chi connectivity index (χ2n) is 5.54. The van der Waals surface area contributed by atoms with Gasteiger partial charge < -0.3 is 10.5 Å². The van der Waals surface area contributed by atoms with E-state index in [4.69, 9.17) is 22.1 Å². The first-order valence-corrected chi connectivity index (χ1v) is 6.75. The van der Waals surface area contributed by atoms with Crippen molar-refractivity contribution in [1.82, 2.24) is 0 Å². The lowest BCUT2D eigenvalue weighted by Gasteiger charge is -2.60. The highest BCUT2D eigenvalue weighted by molar-refractivity contribution is 6.30. The average molecular weight is 270 g/mol. The van der Waals surface area contributed by atoms with Crippen LogP contribution in [0.1, 0.15) is 24.8 Å². The van der Waals surface area contributed by atoms with Gasteiger partial charge in [0.15, 0.2) is 0 Å². The SMILES string of the molecule is NCC1(C2(c3cc(Cl)ccc3F)COC2)CCC1. The molecule has 2 nitrogen and oxygen atoms in total. The summed E-state index contributed by atoms with van der Waals surface area (Å²) in [5.41, 5.74) is 6.39. The van der Waals surface area contributed by atoms with Crippen molar-refractivity contribution in [3.05, 3.63) is 34.6 Å². The normalized spacial score (nSPS) is 24.2. The molecule has 1 heterocycles. The molecule has 3 rings (SSSR count). The quantitative estimate of drug-likeness (QED) is 0.916. The molecular formula is C14H17ClFNO. The zero-order valence-electron chi connectivity index (χ0n) is 10.2. The standard InChI is InChI=1S/C14H17ClFNO/c15-10-2-3-12(16)11(6-10)14(8-18-9-14)13(7-17)4-1-5-13/h2-3,6H,1,4-5,7-9,17H2. The van der Waals surface area contributed by atoms with Gasteiger partial charge in [0.2, 0.25) is 0 Å². The predicted molar refractivity (Wildman–Crippen MR) is 69.2 cm³/mol. The fraction of sp³-hybridized carbons (Fsp3) is 0.571. The third kappa shape index (κ3) is 1.47. The van der Waals surface area contributed by atoms with Crippen molar-refractivity contribution in [1.29, 1.82) is 0 Å². The molecule has 2 fully saturated rings. The van der Waals surface area contributed by atoms with Gasteiger partial charge in [-0.3, -0.25) is 0 Å². The number of nitrogens with two attached hydrogens (primary N) is 1. The molecule has 1 aromatic carbocycles. The summed E-state index contributed by atoms with van der Waals surface area (Å²) in [5, 5.41) is 0.573. The van der Waals surface area contributed by atoms with Gasteiger partial charge in [0, 0.05) is 10.6 Å². The van der Waals surface area contributed by atoms with Crippen LogP contribution in [0.2, 0.25) is 5.02 Å². The molecule has 0 radical (unpaired) electrons. The van der Waals surface area contributed by atoms with Gasteiger partial charge in [-0.1, -0.05) is 18.0 Å². The van der Waals surface area contributed by atoms with E-state index in [0.29, 0.717) is 30.3 Å². The maximum Gasteiger partial charge on any atom is 0.127 e. The number of hydrogen-bond donors (Lipinski definition) is 1. The van der Waals surface area contributed by atoms with Crippen LogP contribution in [0.25, 0.3) is 0 Å². The number of halogens is 2. The van der Waals surface area contributed by atoms with Crippen molar-refractivity contribution in [3.8, 4) is 0 Å². The van der Waals surface area contributed by atoms with E-state index in [9.17, 15) is 4.39 Å². The summed E-state index contributed by atoms with van der Waals surface area (Å²) < 4.78 is 19.6. The molecule has 1 aliphatic carbocycles. The fourth-order valence-electron chi connectivity index (χ4n) is 3.40. The van der Waals surface area contributed by atoms with Crippen LogP contribution in [0.4, 0.5) is 4.39 Å². The Morgan fingerprint density at radius 3 is 2.50 bits per heavy atom. The zero-order chi connectivity index (χ0) is 12.8. The van der Waals surface area contributed by atoms with Crippen LogP contribution in [0.5, 0.6) is 0 Å². The number of rotatable bonds is 3. The smallest absolute Gasteiger partial charge is 0.127 e. The Morgan fingerprint density at radius 2 is 2.06 bits per heavy atom. The molecule has 1 aromatic rings. The summed E-state index contributed by atoms with van der Waals surface area (Å²) in [4.78, 5) is 0. The van der Waals surface area contributed by atoms with Crippen LogP contribution in [0.3, 0.4) is 0 Å². The van der Waals surface area contributed by atoms with Crippen molar-refractivity contribution >= 4 is 11.6 Å². The monoisotopic (exact) mass is 269 g/mol. The third-order valence-corrected chi connectivity index (χ3v) is 5.09. The first-order chi connectivity index (χ1) is 8.63. The fourth-order valence-corrected chi connectivity index (χ4v) is 3.57. The van der Waals surface area contributed by atoms with Gasteiger partial charge in [0.25, 0.3) is 0 Å². The van der Waals surface area contributed by atoms with Gasteiger partial charge in [-0.15, -0.1) is 0 Å².